The number of hydrogen-bond donors (Lipinski definition) is 0. The van der Waals surface area contributed by atoms with Gasteiger partial charge in [-0.2, -0.15) is 0 Å². The average molecular weight is 1180 g/mol. The number of Topliss-reactive ketones (excluding diaryl/α,β-unsaturated/α-hetero) is 4. The Labute approximate surface area is 436 Å². The second-order valence-electron chi connectivity index (χ2n) is 16.8. The third-order valence-corrected chi connectivity index (χ3v) is 21.3. The summed E-state index contributed by atoms with van der Waals surface area (Å²) in [5.74, 6) is -0.791. The number of carbonyl (C=O) groups excluding carboxylic acids is 5. The van der Waals surface area contributed by atoms with Crippen LogP contribution < -0.4 is 27.6 Å². The van der Waals surface area contributed by atoms with Crippen LogP contribution in [0.2, 0.25) is 0 Å². The number of carbonyl (C=O) groups is 5. The van der Waals surface area contributed by atoms with Gasteiger partial charge in [0.25, 0.3) is 0 Å². The van der Waals surface area contributed by atoms with Gasteiger partial charge in [-0.3, -0.25) is 9.59 Å². The first-order valence-electron chi connectivity index (χ1n) is 23.5. The molecule has 0 spiro atoms. The molecular formula is C60H36N2O5Se4. The molecule has 4 heterocycles. The van der Waals surface area contributed by atoms with E-state index < -0.39 is 6.26 Å². The van der Waals surface area contributed by atoms with Gasteiger partial charge >= 0.3 is 354 Å². The van der Waals surface area contributed by atoms with Crippen molar-refractivity contribution in [3.8, 4) is 0 Å². The predicted octanol–water partition coefficient (Wildman–Crippen LogP) is 9.40. The van der Waals surface area contributed by atoms with E-state index in [2.05, 4.69) is 107 Å². The Kier molecular flexibility index (Phi) is 11.4. The van der Waals surface area contributed by atoms with Crippen molar-refractivity contribution in [2.45, 2.75) is 6.42 Å². The molecule has 0 saturated heterocycles. The first kappa shape index (κ1) is 42.9. The summed E-state index contributed by atoms with van der Waals surface area (Å²) in [6, 6.07) is 64.3. The molecule has 0 bridgehead atoms. The molecular weight excluding hydrogens is 1140 g/mol. The van der Waals surface area contributed by atoms with Crippen molar-refractivity contribution in [1.82, 2.24) is 0 Å². The van der Waals surface area contributed by atoms with Crippen molar-refractivity contribution in [2.75, 3.05) is 9.80 Å². The van der Waals surface area contributed by atoms with E-state index in [1.807, 2.05) is 78.9 Å². The fourth-order valence-electron chi connectivity index (χ4n) is 9.17. The van der Waals surface area contributed by atoms with Crippen molar-refractivity contribution in [1.29, 1.82) is 0 Å². The number of nitrogens with zero attached hydrogens (tertiary/aromatic N) is 2. The van der Waals surface area contributed by atoms with E-state index in [0.717, 1.165) is 35.1 Å². The molecule has 10 aromatic rings. The molecule has 0 amide bonds. The third kappa shape index (κ3) is 8.41. The number of hydrogen-bond acceptors (Lipinski definition) is 7. The summed E-state index contributed by atoms with van der Waals surface area (Å²) in [7, 11) is 0. The van der Waals surface area contributed by atoms with Gasteiger partial charge < -0.3 is 0 Å². The van der Waals surface area contributed by atoms with Gasteiger partial charge in [0.1, 0.15) is 0 Å². The molecule has 0 saturated carbocycles. The normalized spacial score (nSPS) is 14.2. The molecule has 14 rings (SSSR count). The second kappa shape index (κ2) is 19.0. The Morgan fingerprint density at radius 3 is 1.13 bits per heavy atom. The maximum absolute atomic E-state index is 13.3. The Morgan fingerprint density at radius 1 is 0.408 bits per heavy atom. The van der Waals surface area contributed by atoms with Crippen LogP contribution in [0.3, 0.4) is 0 Å². The first-order chi connectivity index (χ1) is 35.6. The summed E-state index contributed by atoms with van der Waals surface area (Å²) in [5.41, 5.74) is 6.72. The molecule has 0 radical (unpaired) electrons. The summed E-state index contributed by atoms with van der Waals surface area (Å²) in [4.78, 5) is 65.5. The molecule has 2 aliphatic carbocycles. The molecule has 340 valence electrons. The SMILES string of the molecule is O=C1CC(=O)c2cc3ccccc3cc21.[2H]C(=C1C(=O)c2cc3ccccc3cc2C1=O)c1ccc(N2c3ccccc3[Se]c3ccccc32)[se]1.[2H]C(=O)c1ccc(N2c3ccccc3[Se]c3ccccc32)[se]1. The summed E-state index contributed by atoms with van der Waals surface area (Å²) < 4.78 is 25.2. The third-order valence-electron chi connectivity index (χ3n) is 12.5. The molecule has 4 aliphatic rings. The summed E-state index contributed by atoms with van der Waals surface area (Å²) in [6.45, 7) is 0. The zero-order chi connectivity index (χ0) is 49.9. The first-order valence-corrected chi connectivity index (χ1v) is 29.4. The van der Waals surface area contributed by atoms with Crippen LogP contribution >= 0.6 is 0 Å². The summed E-state index contributed by atoms with van der Waals surface area (Å²) in [5, 5.41) is 3.86. The van der Waals surface area contributed by atoms with Crippen molar-refractivity contribution in [3.63, 3.8) is 0 Å². The van der Waals surface area contributed by atoms with E-state index in [0.29, 0.717) is 41.6 Å². The number of anilines is 6. The van der Waals surface area contributed by atoms with E-state index in [4.69, 9.17) is 2.74 Å². The van der Waals surface area contributed by atoms with Gasteiger partial charge in [-0.15, -0.1) is 0 Å². The van der Waals surface area contributed by atoms with Gasteiger partial charge in [0, 0.05) is 11.1 Å². The van der Waals surface area contributed by atoms with Crippen LogP contribution in [0.5, 0.6) is 0 Å². The zero-order valence-electron chi connectivity index (χ0n) is 39.3. The van der Waals surface area contributed by atoms with Crippen molar-refractivity contribution >= 4 is 166 Å². The maximum atomic E-state index is 13.3. The molecule has 2 aliphatic heterocycles. The second-order valence-corrected chi connectivity index (χ2v) is 25.8. The molecule has 0 unspecified atom stereocenters. The van der Waals surface area contributed by atoms with Gasteiger partial charge in [0.2, 0.25) is 0 Å². The minimum atomic E-state index is -0.561. The van der Waals surface area contributed by atoms with Gasteiger partial charge in [-0.05, 0) is 22.9 Å². The van der Waals surface area contributed by atoms with Crippen LogP contribution in [-0.4, -0.2) is 88.3 Å². The van der Waals surface area contributed by atoms with Gasteiger partial charge in [-0.25, -0.2) is 0 Å². The van der Waals surface area contributed by atoms with Crippen molar-refractivity contribution in [3.05, 3.63) is 231 Å². The molecule has 71 heavy (non-hydrogen) atoms. The summed E-state index contributed by atoms with van der Waals surface area (Å²) >= 11 is 0.197. The molecule has 0 N–H and O–H groups in total. The van der Waals surface area contributed by atoms with Gasteiger partial charge in [0.15, 0.2) is 11.6 Å². The number of fused-ring (bicyclic) bond motifs is 8. The number of allylic oxidation sites excluding steroid dienone is 1. The number of benzene rings is 8. The minimum absolute atomic E-state index is 0.00846. The zero-order valence-corrected chi connectivity index (χ0v) is 44.1. The fraction of sp³-hybridized carbons (Fsp3) is 0.0167. The number of ketones is 4. The quantitative estimate of drug-likeness (QED) is 0.0571. The Bertz CT molecular complexity index is 3830. The van der Waals surface area contributed by atoms with E-state index in [-0.39, 0.29) is 85.1 Å². The Morgan fingerprint density at radius 2 is 0.746 bits per heavy atom. The van der Waals surface area contributed by atoms with E-state index in [1.165, 1.54) is 40.6 Å². The van der Waals surface area contributed by atoms with E-state index in [9.17, 15) is 24.0 Å². The fourth-order valence-corrected chi connectivity index (χ4v) is 17.3. The van der Waals surface area contributed by atoms with Crippen LogP contribution in [0.25, 0.3) is 27.6 Å². The molecule has 8 aromatic carbocycles. The van der Waals surface area contributed by atoms with Crippen LogP contribution in [0.1, 0.15) is 64.3 Å². The molecule has 0 fully saturated rings. The standard InChI is InChI=1S/C30H17NO2Se2.C17H11NOSe2.C13H8O2/c32-29-21-15-18-7-1-2-8-19(18)16-22(21)30(33)23(29)17-20-13-14-28(34-20)31-24-9-3-5-11-26(24)35-27-12-6-4-10-25(27)31;19-11-12-9-10-17(20-12)18-13-5-1-3-7-15(13)21-16-8-4-2-6-14(16)18;14-12-7-13(15)11-6-9-4-2-1-3-8(9)5-10(11)12/h1-17H;1-11H;1-6H,7H2/i17D;11D;. The molecule has 7 nitrogen and oxygen atoms in total. The van der Waals surface area contributed by atoms with Crippen LogP contribution in [0.4, 0.5) is 31.9 Å². The monoisotopic (exact) mass is 1190 g/mol. The van der Waals surface area contributed by atoms with Crippen LogP contribution in [0.15, 0.2) is 200 Å². The van der Waals surface area contributed by atoms with Gasteiger partial charge in [-0.1, -0.05) is 24.3 Å². The molecule has 2 aromatic heterocycles. The van der Waals surface area contributed by atoms with Crippen molar-refractivity contribution in [2.24, 2.45) is 0 Å². The van der Waals surface area contributed by atoms with Crippen LogP contribution in [0, 0.1) is 0 Å². The average Bonchev–Trinajstić information content (AvgIpc) is 4.22. The van der Waals surface area contributed by atoms with E-state index in [1.54, 1.807) is 18.2 Å². The molecule has 11 heteroatoms. The number of para-hydroxylation sites is 4. The predicted molar refractivity (Wildman–Crippen MR) is 289 cm³/mol. The van der Waals surface area contributed by atoms with Crippen LogP contribution in [-0.2, 0) is 0 Å². The van der Waals surface area contributed by atoms with E-state index >= 15 is 0 Å². The number of aldehydes is 1. The van der Waals surface area contributed by atoms with Crippen molar-refractivity contribution < 1.29 is 26.7 Å². The summed E-state index contributed by atoms with van der Waals surface area (Å²) in [6.07, 6.45) is -0.528. The van der Waals surface area contributed by atoms with Gasteiger partial charge in [0.05, 0.1) is 6.42 Å². The number of rotatable bonds is 4. The topological polar surface area (TPSA) is 91.8 Å². The Balaban J connectivity index is 0.000000124. The molecule has 0 atom stereocenters. The Hall–Kier alpha value is -6.99.